The highest BCUT2D eigenvalue weighted by molar-refractivity contribution is 5.95. The van der Waals surface area contributed by atoms with Crippen molar-refractivity contribution in [1.29, 1.82) is 0 Å². The maximum absolute atomic E-state index is 13.2. The Morgan fingerprint density at radius 2 is 1.73 bits per heavy atom. The molecule has 4 rings (SSSR count). The van der Waals surface area contributed by atoms with E-state index in [0.29, 0.717) is 18.8 Å². The molecule has 30 heavy (non-hydrogen) atoms. The summed E-state index contributed by atoms with van der Waals surface area (Å²) in [5, 5.41) is 3.21. The lowest BCUT2D eigenvalue weighted by molar-refractivity contribution is 0.0943. The van der Waals surface area contributed by atoms with Crippen LogP contribution in [-0.2, 0) is 4.74 Å². The lowest BCUT2D eigenvalue weighted by Gasteiger charge is -2.28. The summed E-state index contributed by atoms with van der Waals surface area (Å²) in [5.41, 5.74) is 5.04. The van der Waals surface area contributed by atoms with Gasteiger partial charge in [0.1, 0.15) is 5.82 Å². The Labute approximate surface area is 176 Å². The first kappa shape index (κ1) is 20.0. The molecule has 0 radical (unpaired) electrons. The molecule has 1 N–H and O–H groups in total. The minimum absolute atomic E-state index is 0.132. The maximum Gasteiger partial charge on any atom is 0.252 e. The summed E-state index contributed by atoms with van der Waals surface area (Å²) in [6.45, 7) is 7.08. The summed E-state index contributed by atoms with van der Waals surface area (Å²) in [7, 11) is 0. The highest BCUT2D eigenvalue weighted by Crippen LogP contribution is 2.25. The van der Waals surface area contributed by atoms with Gasteiger partial charge in [-0.1, -0.05) is 18.2 Å². The number of benzene rings is 1. The number of hydrogen-bond donors (Lipinski definition) is 1. The Kier molecular flexibility index (Phi) is 6.05. The number of nitrogens with zero attached hydrogens (tertiary/aromatic N) is 3. The maximum atomic E-state index is 13.2. The van der Waals surface area contributed by atoms with Crippen molar-refractivity contribution in [3.05, 3.63) is 88.9 Å². The monoisotopic (exact) mass is 402 g/mol. The van der Waals surface area contributed by atoms with E-state index in [1.165, 1.54) is 11.1 Å². The SMILES string of the molecule is Cc1ccc([C@@H](NC(=O)c2ccnc(N3CCOCC3)c2)c2ccncc2)cc1C. The molecule has 154 valence electrons. The van der Waals surface area contributed by atoms with Gasteiger partial charge in [0.2, 0.25) is 0 Å². The molecule has 6 nitrogen and oxygen atoms in total. The molecule has 0 bridgehead atoms. The Hall–Kier alpha value is -3.25. The van der Waals surface area contributed by atoms with Gasteiger partial charge in [-0.25, -0.2) is 4.98 Å². The van der Waals surface area contributed by atoms with Gasteiger partial charge in [0.25, 0.3) is 5.91 Å². The molecular weight excluding hydrogens is 376 g/mol. The molecule has 3 heterocycles. The summed E-state index contributed by atoms with van der Waals surface area (Å²) in [6.07, 6.45) is 5.19. The molecule has 0 saturated carbocycles. The first-order valence-electron chi connectivity index (χ1n) is 10.2. The van der Waals surface area contributed by atoms with Crippen LogP contribution in [0.15, 0.2) is 61.1 Å². The number of nitrogens with one attached hydrogen (secondary N) is 1. The Balaban J connectivity index is 1.61. The van der Waals surface area contributed by atoms with E-state index in [1.54, 1.807) is 24.7 Å². The lowest BCUT2D eigenvalue weighted by Crippen LogP contribution is -2.37. The second-order valence-electron chi connectivity index (χ2n) is 7.53. The van der Waals surface area contributed by atoms with Crippen LogP contribution in [0.25, 0.3) is 0 Å². The molecule has 6 heteroatoms. The highest BCUT2D eigenvalue weighted by Gasteiger charge is 2.20. The van der Waals surface area contributed by atoms with Crippen LogP contribution in [0, 0.1) is 13.8 Å². The number of morpholine rings is 1. The van der Waals surface area contributed by atoms with Gasteiger partial charge in [-0.05, 0) is 60.4 Å². The number of hydrogen-bond acceptors (Lipinski definition) is 5. The molecule has 0 spiro atoms. The van der Waals surface area contributed by atoms with Crippen LogP contribution in [-0.4, -0.2) is 42.2 Å². The van der Waals surface area contributed by atoms with Crippen molar-refractivity contribution in [3.8, 4) is 0 Å². The van der Waals surface area contributed by atoms with Gasteiger partial charge in [-0.3, -0.25) is 9.78 Å². The Morgan fingerprint density at radius 1 is 0.967 bits per heavy atom. The van der Waals surface area contributed by atoms with E-state index in [-0.39, 0.29) is 11.9 Å². The summed E-state index contributed by atoms with van der Waals surface area (Å²) in [5.74, 6) is 0.671. The molecule has 1 aliphatic heterocycles. The van der Waals surface area contributed by atoms with Crippen molar-refractivity contribution in [1.82, 2.24) is 15.3 Å². The van der Waals surface area contributed by atoms with Crippen molar-refractivity contribution in [2.45, 2.75) is 19.9 Å². The minimum Gasteiger partial charge on any atom is -0.378 e. The number of pyridine rings is 2. The molecule has 1 aromatic carbocycles. The zero-order valence-electron chi connectivity index (χ0n) is 17.3. The molecular formula is C24H26N4O2. The molecule has 1 fully saturated rings. The van der Waals surface area contributed by atoms with Gasteiger partial charge in [0.05, 0.1) is 19.3 Å². The zero-order chi connectivity index (χ0) is 20.9. The van der Waals surface area contributed by atoms with E-state index >= 15 is 0 Å². The summed E-state index contributed by atoms with van der Waals surface area (Å²) in [6, 6.07) is 13.5. The number of carbonyl (C=O) groups excluding carboxylic acids is 1. The van der Waals surface area contributed by atoms with Gasteiger partial charge < -0.3 is 15.0 Å². The van der Waals surface area contributed by atoms with Gasteiger partial charge in [0.15, 0.2) is 0 Å². The van der Waals surface area contributed by atoms with Crippen molar-refractivity contribution in [2.75, 3.05) is 31.2 Å². The number of anilines is 1. The molecule has 1 amide bonds. The summed E-state index contributed by atoms with van der Waals surface area (Å²) < 4.78 is 5.41. The number of aryl methyl sites for hydroxylation is 2. The largest absolute Gasteiger partial charge is 0.378 e. The number of amides is 1. The van der Waals surface area contributed by atoms with Crippen molar-refractivity contribution in [3.63, 3.8) is 0 Å². The third kappa shape index (κ3) is 4.49. The quantitative estimate of drug-likeness (QED) is 0.708. The van der Waals surface area contributed by atoms with Crippen LogP contribution in [0.3, 0.4) is 0 Å². The molecule has 1 aliphatic rings. The fourth-order valence-electron chi connectivity index (χ4n) is 3.60. The van der Waals surface area contributed by atoms with E-state index in [2.05, 4.69) is 52.2 Å². The molecule has 1 saturated heterocycles. The molecule has 2 aromatic heterocycles. The van der Waals surface area contributed by atoms with E-state index < -0.39 is 0 Å². The number of rotatable bonds is 5. The molecule has 3 aromatic rings. The second kappa shape index (κ2) is 9.05. The highest BCUT2D eigenvalue weighted by atomic mass is 16.5. The van der Waals surface area contributed by atoms with Crippen LogP contribution in [0.1, 0.15) is 38.7 Å². The van der Waals surface area contributed by atoms with Crippen LogP contribution in [0.5, 0.6) is 0 Å². The van der Waals surface area contributed by atoms with Crippen LogP contribution in [0.4, 0.5) is 5.82 Å². The number of ether oxygens (including phenoxy) is 1. The Bertz CT molecular complexity index is 1020. The minimum atomic E-state index is -0.264. The summed E-state index contributed by atoms with van der Waals surface area (Å²) in [4.78, 5) is 23.9. The molecule has 0 aliphatic carbocycles. The van der Waals surface area contributed by atoms with Gasteiger partial charge >= 0.3 is 0 Å². The fourth-order valence-corrected chi connectivity index (χ4v) is 3.60. The van der Waals surface area contributed by atoms with Gasteiger partial charge in [-0.15, -0.1) is 0 Å². The van der Waals surface area contributed by atoms with E-state index in [0.717, 1.165) is 30.0 Å². The first-order chi connectivity index (χ1) is 14.6. The van der Waals surface area contributed by atoms with E-state index in [4.69, 9.17) is 4.74 Å². The normalized spacial score (nSPS) is 14.9. The van der Waals surface area contributed by atoms with Crippen molar-refractivity contribution >= 4 is 11.7 Å². The number of carbonyl (C=O) groups is 1. The third-order valence-electron chi connectivity index (χ3n) is 5.52. The van der Waals surface area contributed by atoms with E-state index in [9.17, 15) is 4.79 Å². The average molecular weight is 402 g/mol. The smallest absolute Gasteiger partial charge is 0.252 e. The average Bonchev–Trinajstić information content (AvgIpc) is 2.80. The van der Waals surface area contributed by atoms with Crippen LogP contribution >= 0.6 is 0 Å². The van der Waals surface area contributed by atoms with Gasteiger partial charge in [0, 0.05) is 37.2 Å². The topological polar surface area (TPSA) is 67.4 Å². The predicted octanol–water partition coefficient (Wildman–Crippen LogP) is 3.45. The van der Waals surface area contributed by atoms with Crippen LogP contribution < -0.4 is 10.2 Å². The lowest BCUT2D eigenvalue weighted by atomic mass is 9.96. The van der Waals surface area contributed by atoms with Crippen LogP contribution in [0.2, 0.25) is 0 Å². The van der Waals surface area contributed by atoms with Crippen molar-refractivity contribution < 1.29 is 9.53 Å². The standard InChI is InChI=1S/C24H26N4O2/c1-17-3-4-20(15-18(17)2)23(19-5-8-25-9-6-19)27-24(29)21-7-10-26-22(16-21)28-11-13-30-14-12-28/h3-10,15-16,23H,11-14H2,1-2H3,(H,27,29)/t23-/m0/s1. The second-order valence-corrected chi connectivity index (χ2v) is 7.53. The Morgan fingerprint density at radius 3 is 2.47 bits per heavy atom. The fraction of sp³-hybridized carbons (Fsp3) is 0.292. The van der Waals surface area contributed by atoms with E-state index in [1.807, 2.05) is 18.2 Å². The van der Waals surface area contributed by atoms with Crippen molar-refractivity contribution in [2.24, 2.45) is 0 Å². The number of aromatic nitrogens is 2. The summed E-state index contributed by atoms with van der Waals surface area (Å²) >= 11 is 0. The van der Waals surface area contributed by atoms with Gasteiger partial charge in [-0.2, -0.15) is 0 Å². The molecule has 0 unspecified atom stereocenters. The zero-order valence-corrected chi connectivity index (χ0v) is 17.3. The third-order valence-corrected chi connectivity index (χ3v) is 5.52. The first-order valence-corrected chi connectivity index (χ1v) is 10.2. The predicted molar refractivity (Wildman–Crippen MR) is 117 cm³/mol. The molecule has 1 atom stereocenters.